The molecular weight excluding hydrogens is 436 g/mol. The summed E-state index contributed by atoms with van der Waals surface area (Å²) >= 11 is 5.55. The summed E-state index contributed by atoms with van der Waals surface area (Å²) in [6, 6.07) is -4.51. The minimum absolute atomic E-state index is 0.109. The smallest absolute Gasteiger partial charge is 0.326 e. The highest BCUT2D eigenvalue weighted by atomic mass is 32.2. The van der Waals surface area contributed by atoms with Crippen LogP contribution in [0, 0.1) is 0 Å². The highest BCUT2D eigenvalue weighted by Crippen LogP contribution is 2.19. The molecule has 30 heavy (non-hydrogen) atoms. The molecular formula is C17H28N4O7S2. The Kier molecular flexibility index (Phi) is 11.0. The van der Waals surface area contributed by atoms with Gasteiger partial charge in [0.2, 0.25) is 17.7 Å². The molecule has 170 valence electrons. The minimum atomic E-state index is -1.47. The number of carboxylic acids is 2. The maximum atomic E-state index is 12.7. The minimum Gasteiger partial charge on any atom is -0.481 e. The third-order valence-corrected chi connectivity index (χ3v) is 5.61. The Labute approximate surface area is 183 Å². The van der Waals surface area contributed by atoms with Crippen molar-refractivity contribution in [1.82, 2.24) is 15.5 Å². The number of carbonyl (C=O) groups is 5. The van der Waals surface area contributed by atoms with Gasteiger partial charge in [-0.1, -0.05) is 0 Å². The quantitative estimate of drug-likeness (QED) is 0.188. The molecule has 6 N–H and O–H groups in total. The van der Waals surface area contributed by atoms with E-state index in [-0.39, 0.29) is 18.7 Å². The van der Waals surface area contributed by atoms with E-state index >= 15 is 0 Å². The van der Waals surface area contributed by atoms with E-state index in [0.29, 0.717) is 18.6 Å². The van der Waals surface area contributed by atoms with E-state index in [2.05, 4.69) is 23.3 Å². The molecule has 0 saturated carbocycles. The van der Waals surface area contributed by atoms with E-state index < -0.39 is 60.2 Å². The molecule has 1 saturated heterocycles. The van der Waals surface area contributed by atoms with Crippen molar-refractivity contribution < 1.29 is 34.2 Å². The highest BCUT2D eigenvalue weighted by molar-refractivity contribution is 7.98. The molecule has 0 aliphatic carbocycles. The lowest BCUT2D eigenvalue weighted by molar-refractivity contribution is -0.150. The Morgan fingerprint density at radius 2 is 1.80 bits per heavy atom. The summed E-state index contributed by atoms with van der Waals surface area (Å²) in [6.07, 6.45) is 2.24. The van der Waals surface area contributed by atoms with Gasteiger partial charge in [0, 0.05) is 12.3 Å². The monoisotopic (exact) mass is 464 g/mol. The molecule has 1 heterocycles. The lowest BCUT2D eigenvalue weighted by atomic mass is 10.1. The van der Waals surface area contributed by atoms with E-state index in [9.17, 15) is 29.1 Å². The van der Waals surface area contributed by atoms with Crippen LogP contribution in [0.2, 0.25) is 0 Å². The van der Waals surface area contributed by atoms with Crippen molar-refractivity contribution in [2.75, 3.05) is 24.3 Å². The second-order valence-electron chi connectivity index (χ2n) is 6.82. The van der Waals surface area contributed by atoms with Crippen molar-refractivity contribution in [1.29, 1.82) is 0 Å². The second-order valence-corrected chi connectivity index (χ2v) is 8.17. The average molecular weight is 465 g/mol. The van der Waals surface area contributed by atoms with Gasteiger partial charge in [0.05, 0.1) is 12.5 Å². The maximum absolute atomic E-state index is 12.7. The molecule has 4 unspecified atom stereocenters. The van der Waals surface area contributed by atoms with Crippen LogP contribution in [0.4, 0.5) is 0 Å². The predicted octanol–water partition coefficient (Wildman–Crippen LogP) is -1.48. The molecule has 1 aliphatic rings. The van der Waals surface area contributed by atoms with E-state index in [1.807, 2.05) is 6.26 Å². The number of aliphatic carboxylic acids is 2. The van der Waals surface area contributed by atoms with Crippen LogP contribution in [0.5, 0.6) is 0 Å². The van der Waals surface area contributed by atoms with Crippen molar-refractivity contribution in [3.63, 3.8) is 0 Å². The Bertz CT molecular complexity index is 664. The van der Waals surface area contributed by atoms with E-state index in [1.54, 1.807) is 0 Å². The fourth-order valence-electron chi connectivity index (χ4n) is 2.98. The van der Waals surface area contributed by atoms with Gasteiger partial charge in [0.1, 0.15) is 18.1 Å². The van der Waals surface area contributed by atoms with Gasteiger partial charge in [-0.05, 0) is 31.3 Å². The van der Waals surface area contributed by atoms with Crippen LogP contribution < -0.4 is 16.4 Å². The first kappa shape index (κ1) is 26.0. The first-order valence-electron chi connectivity index (χ1n) is 9.33. The summed E-state index contributed by atoms with van der Waals surface area (Å²) in [6.45, 7) is 0.152. The number of carboxylic acid groups (broad SMARTS) is 2. The molecule has 4 atom stereocenters. The van der Waals surface area contributed by atoms with Gasteiger partial charge < -0.3 is 31.5 Å². The maximum Gasteiger partial charge on any atom is 0.326 e. The fourth-order valence-corrected chi connectivity index (χ4v) is 3.73. The van der Waals surface area contributed by atoms with Gasteiger partial charge in [-0.3, -0.25) is 19.2 Å². The zero-order valence-electron chi connectivity index (χ0n) is 16.6. The zero-order valence-corrected chi connectivity index (χ0v) is 18.3. The van der Waals surface area contributed by atoms with Gasteiger partial charge >= 0.3 is 11.9 Å². The van der Waals surface area contributed by atoms with E-state index in [0.717, 1.165) is 4.90 Å². The summed E-state index contributed by atoms with van der Waals surface area (Å²) in [4.78, 5) is 61.1. The van der Waals surface area contributed by atoms with Crippen LogP contribution in [0.15, 0.2) is 0 Å². The number of likely N-dealkylation sites (tertiary alicyclic amines) is 1. The number of nitrogens with zero attached hydrogens (tertiary/aromatic N) is 1. The molecule has 0 bridgehead atoms. The lowest BCUT2D eigenvalue weighted by Gasteiger charge is -2.28. The number of amides is 3. The van der Waals surface area contributed by atoms with Crippen molar-refractivity contribution in [3.8, 4) is 0 Å². The summed E-state index contributed by atoms with van der Waals surface area (Å²) < 4.78 is 0. The van der Waals surface area contributed by atoms with Crippen LogP contribution in [0.1, 0.15) is 25.7 Å². The number of thiol groups is 1. The number of carbonyl (C=O) groups excluding carboxylic acids is 3. The Morgan fingerprint density at radius 1 is 1.17 bits per heavy atom. The van der Waals surface area contributed by atoms with Crippen LogP contribution in [-0.2, 0) is 24.0 Å². The topological polar surface area (TPSA) is 179 Å². The third-order valence-electron chi connectivity index (χ3n) is 4.60. The summed E-state index contributed by atoms with van der Waals surface area (Å²) in [5.74, 6) is -4.15. The highest BCUT2D eigenvalue weighted by Gasteiger charge is 2.39. The molecule has 0 aromatic carbocycles. The number of nitrogens with one attached hydrogen (secondary N) is 2. The third kappa shape index (κ3) is 7.69. The predicted molar refractivity (Wildman–Crippen MR) is 113 cm³/mol. The summed E-state index contributed by atoms with van der Waals surface area (Å²) in [5, 5.41) is 23.1. The van der Waals surface area contributed by atoms with Crippen LogP contribution in [0.25, 0.3) is 0 Å². The molecule has 0 spiro atoms. The van der Waals surface area contributed by atoms with Crippen molar-refractivity contribution in [3.05, 3.63) is 0 Å². The van der Waals surface area contributed by atoms with Crippen LogP contribution in [-0.4, -0.2) is 93.2 Å². The van der Waals surface area contributed by atoms with Gasteiger partial charge in [-0.25, -0.2) is 4.79 Å². The molecule has 0 aromatic rings. The Balaban J connectivity index is 2.85. The standard InChI is InChI=1S/C17H28N4O7S2/c1-30-6-4-9(18)14(24)20-11(8-29)15(25)19-10(7-13(22)23)16(26)21-5-2-3-12(21)17(27)28/h9-12,29H,2-8,18H2,1H3,(H,19,25)(H,20,24)(H,22,23)(H,27,28). The number of thioether (sulfide) groups is 1. The fraction of sp³-hybridized carbons (Fsp3) is 0.706. The second kappa shape index (κ2) is 12.6. The molecule has 1 fully saturated rings. The normalized spacial score (nSPS) is 18.9. The number of hydrogen-bond acceptors (Lipinski definition) is 8. The molecule has 3 amide bonds. The number of nitrogens with two attached hydrogens (primary N) is 1. The summed E-state index contributed by atoms with van der Waals surface area (Å²) in [7, 11) is 0. The number of rotatable bonds is 12. The van der Waals surface area contributed by atoms with Gasteiger partial charge in [0.25, 0.3) is 0 Å². The molecule has 0 aromatic heterocycles. The Morgan fingerprint density at radius 3 is 2.33 bits per heavy atom. The molecule has 13 heteroatoms. The van der Waals surface area contributed by atoms with E-state index in [1.165, 1.54) is 11.8 Å². The van der Waals surface area contributed by atoms with Crippen LogP contribution in [0.3, 0.4) is 0 Å². The lowest BCUT2D eigenvalue weighted by Crippen LogP contribution is -2.58. The first-order valence-corrected chi connectivity index (χ1v) is 11.4. The Hall–Kier alpha value is -1.99. The summed E-state index contributed by atoms with van der Waals surface area (Å²) in [5.41, 5.74) is 5.77. The van der Waals surface area contributed by atoms with Gasteiger partial charge in [-0.15, -0.1) is 0 Å². The molecule has 0 radical (unpaired) electrons. The average Bonchev–Trinajstić information content (AvgIpc) is 3.18. The first-order chi connectivity index (χ1) is 14.1. The largest absolute Gasteiger partial charge is 0.481 e. The van der Waals surface area contributed by atoms with Crippen molar-refractivity contribution in [2.24, 2.45) is 5.73 Å². The van der Waals surface area contributed by atoms with Crippen molar-refractivity contribution in [2.45, 2.75) is 49.9 Å². The molecule has 1 rings (SSSR count). The zero-order chi connectivity index (χ0) is 22.8. The van der Waals surface area contributed by atoms with Crippen LogP contribution >= 0.6 is 24.4 Å². The molecule has 1 aliphatic heterocycles. The van der Waals surface area contributed by atoms with Gasteiger partial charge in [-0.2, -0.15) is 24.4 Å². The van der Waals surface area contributed by atoms with E-state index in [4.69, 9.17) is 10.8 Å². The number of hydrogen-bond donors (Lipinski definition) is 6. The SMILES string of the molecule is CSCCC(N)C(=O)NC(CS)C(=O)NC(CC(=O)O)C(=O)N1CCCC1C(=O)O. The molecule has 11 nitrogen and oxygen atoms in total. The van der Waals surface area contributed by atoms with Crippen molar-refractivity contribution >= 4 is 54.1 Å². The van der Waals surface area contributed by atoms with Gasteiger partial charge in [0.15, 0.2) is 0 Å².